The van der Waals surface area contributed by atoms with Crippen molar-refractivity contribution in [3.63, 3.8) is 0 Å². The number of amides is 1. The average molecular weight is 470 g/mol. The molecule has 0 saturated carbocycles. The van der Waals surface area contributed by atoms with E-state index in [1.807, 2.05) is 32.0 Å². The summed E-state index contributed by atoms with van der Waals surface area (Å²) in [4.78, 5) is 15.0. The number of sulfonamides is 1. The van der Waals surface area contributed by atoms with Crippen LogP contribution in [-0.4, -0.2) is 54.9 Å². The molecular weight excluding hydrogens is 442 g/mol. The summed E-state index contributed by atoms with van der Waals surface area (Å²) in [7, 11) is -3.59. The predicted octanol–water partition coefficient (Wildman–Crippen LogP) is 3.33. The first-order valence-corrected chi connectivity index (χ1v) is 12.2. The summed E-state index contributed by atoms with van der Waals surface area (Å²) in [6, 6.07) is 14.2. The molecule has 1 aliphatic heterocycles. The minimum absolute atomic E-state index is 0.157. The van der Waals surface area contributed by atoms with Gasteiger partial charge in [-0.2, -0.15) is 4.31 Å². The van der Waals surface area contributed by atoms with E-state index in [0.717, 1.165) is 16.9 Å². The molecule has 9 heteroatoms. The fourth-order valence-electron chi connectivity index (χ4n) is 3.92. The van der Waals surface area contributed by atoms with Gasteiger partial charge in [-0.15, -0.1) is 0 Å². The Bertz CT molecular complexity index is 1230. The van der Waals surface area contributed by atoms with Crippen LogP contribution in [0.15, 0.2) is 57.9 Å². The van der Waals surface area contributed by atoms with Gasteiger partial charge in [0.2, 0.25) is 10.0 Å². The van der Waals surface area contributed by atoms with E-state index in [2.05, 4.69) is 5.16 Å². The maximum absolute atomic E-state index is 13.2. The molecule has 1 saturated heterocycles. The summed E-state index contributed by atoms with van der Waals surface area (Å²) < 4.78 is 38.4. The summed E-state index contributed by atoms with van der Waals surface area (Å²) in [5.41, 5.74) is 2.82. The highest BCUT2D eigenvalue weighted by molar-refractivity contribution is 7.89. The number of para-hydroxylation sites is 1. The van der Waals surface area contributed by atoms with E-state index in [4.69, 9.17) is 9.26 Å². The summed E-state index contributed by atoms with van der Waals surface area (Å²) in [6.45, 7) is 6.82. The molecule has 174 valence electrons. The quantitative estimate of drug-likeness (QED) is 0.550. The zero-order chi connectivity index (χ0) is 23.6. The predicted molar refractivity (Wildman–Crippen MR) is 123 cm³/mol. The van der Waals surface area contributed by atoms with Gasteiger partial charge in [-0.3, -0.25) is 4.79 Å². The van der Waals surface area contributed by atoms with E-state index >= 15 is 0 Å². The number of piperazine rings is 1. The van der Waals surface area contributed by atoms with E-state index in [-0.39, 0.29) is 49.3 Å². The molecule has 0 spiro atoms. The number of benzene rings is 2. The molecule has 2 heterocycles. The lowest BCUT2D eigenvalue weighted by Crippen LogP contribution is -2.50. The molecule has 0 unspecified atom stereocenters. The Morgan fingerprint density at radius 1 is 0.970 bits per heavy atom. The SMILES string of the molecule is Cc1cccc(C)c1OCc1c(C(=O)N2CCN(S(=O)(=O)c3ccccc3)CC2)noc1C. The van der Waals surface area contributed by atoms with Crippen molar-refractivity contribution in [1.29, 1.82) is 0 Å². The Kier molecular flexibility index (Phi) is 6.53. The number of ether oxygens (including phenoxy) is 1. The van der Waals surface area contributed by atoms with Gasteiger partial charge in [0, 0.05) is 26.2 Å². The Hall–Kier alpha value is -3.17. The van der Waals surface area contributed by atoms with Gasteiger partial charge in [0.15, 0.2) is 5.69 Å². The van der Waals surface area contributed by atoms with Crippen molar-refractivity contribution in [2.75, 3.05) is 26.2 Å². The highest BCUT2D eigenvalue weighted by atomic mass is 32.2. The maximum atomic E-state index is 13.2. The van der Waals surface area contributed by atoms with Crippen LogP contribution in [-0.2, 0) is 16.6 Å². The molecular formula is C24H27N3O5S. The smallest absolute Gasteiger partial charge is 0.276 e. The summed E-state index contributed by atoms with van der Waals surface area (Å²) in [6.07, 6.45) is 0. The topological polar surface area (TPSA) is 93.0 Å². The van der Waals surface area contributed by atoms with Crippen LogP contribution in [0, 0.1) is 20.8 Å². The van der Waals surface area contributed by atoms with Gasteiger partial charge >= 0.3 is 0 Å². The Morgan fingerprint density at radius 2 is 1.61 bits per heavy atom. The monoisotopic (exact) mass is 469 g/mol. The summed E-state index contributed by atoms with van der Waals surface area (Å²) in [5.74, 6) is 1.01. The Morgan fingerprint density at radius 3 is 2.24 bits per heavy atom. The first kappa shape index (κ1) is 23.0. The molecule has 1 aromatic heterocycles. The number of rotatable bonds is 6. The van der Waals surface area contributed by atoms with E-state index in [0.29, 0.717) is 11.3 Å². The molecule has 0 atom stereocenters. The van der Waals surface area contributed by atoms with Crippen LogP contribution < -0.4 is 4.74 Å². The molecule has 0 N–H and O–H groups in total. The van der Waals surface area contributed by atoms with E-state index in [9.17, 15) is 13.2 Å². The second-order valence-electron chi connectivity index (χ2n) is 8.08. The van der Waals surface area contributed by atoms with Crippen molar-refractivity contribution < 1.29 is 22.5 Å². The van der Waals surface area contributed by atoms with Crippen LogP contribution >= 0.6 is 0 Å². The van der Waals surface area contributed by atoms with E-state index in [1.54, 1.807) is 42.2 Å². The first-order valence-electron chi connectivity index (χ1n) is 10.8. The molecule has 0 radical (unpaired) electrons. The van der Waals surface area contributed by atoms with Gasteiger partial charge < -0.3 is 14.2 Å². The van der Waals surface area contributed by atoms with Gasteiger partial charge in [0.1, 0.15) is 18.1 Å². The molecule has 4 rings (SSSR count). The molecule has 0 aliphatic carbocycles. The molecule has 0 bridgehead atoms. The number of carbonyl (C=O) groups excluding carboxylic acids is 1. The van der Waals surface area contributed by atoms with Crippen molar-refractivity contribution in [2.45, 2.75) is 32.3 Å². The van der Waals surface area contributed by atoms with Gasteiger partial charge in [-0.25, -0.2) is 8.42 Å². The summed E-state index contributed by atoms with van der Waals surface area (Å²) >= 11 is 0. The van der Waals surface area contributed by atoms with Crippen LogP contribution in [0.3, 0.4) is 0 Å². The van der Waals surface area contributed by atoms with Crippen LogP contribution in [0.25, 0.3) is 0 Å². The van der Waals surface area contributed by atoms with Crippen molar-refractivity contribution in [1.82, 2.24) is 14.4 Å². The second kappa shape index (κ2) is 9.36. The number of aryl methyl sites for hydroxylation is 3. The van der Waals surface area contributed by atoms with Gasteiger partial charge in [0.05, 0.1) is 10.5 Å². The van der Waals surface area contributed by atoms with Gasteiger partial charge in [-0.05, 0) is 44.0 Å². The second-order valence-corrected chi connectivity index (χ2v) is 10.0. The molecule has 2 aromatic carbocycles. The molecule has 3 aromatic rings. The molecule has 1 amide bonds. The third-order valence-electron chi connectivity index (χ3n) is 5.86. The molecule has 8 nitrogen and oxygen atoms in total. The molecule has 33 heavy (non-hydrogen) atoms. The number of hydrogen-bond donors (Lipinski definition) is 0. The van der Waals surface area contributed by atoms with Crippen molar-refractivity contribution in [3.05, 3.63) is 76.7 Å². The molecule has 1 aliphatic rings. The number of hydrogen-bond acceptors (Lipinski definition) is 6. The zero-order valence-electron chi connectivity index (χ0n) is 18.9. The van der Waals surface area contributed by atoms with Crippen LogP contribution in [0.1, 0.15) is 32.9 Å². The van der Waals surface area contributed by atoms with Crippen LogP contribution in [0.2, 0.25) is 0 Å². The normalized spacial score (nSPS) is 14.9. The van der Waals surface area contributed by atoms with E-state index < -0.39 is 10.0 Å². The lowest BCUT2D eigenvalue weighted by molar-refractivity contribution is 0.0685. The molecule has 1 fully saturated rings. The average Bonchev–Trinajstić information content (AvgIpc) is 3.19. The Balaban J connectivity index is 1.45. The minimum atomic E-state index is -3.59. The largest absolute Gasteiger partial charge is 0.488 e. The lowest BCUT2D eigenvalue weighted by atomic mass is 10.1. The standard InChI is InChI=1S/C24H27N3O5S/c1-17-8-7-9-18(2)23(17)31-16-21-19(3)32-25-22(21)24(28)26-12-14-27(15-13-26)33(29,30)20-10-5-4-6-11-20/h4-11H,12-16H2,1-3H3. The lowest BCUT2D eigenvalue weighted by Gasteiger charge is -2.33. The number of carbonyl (C=O) groups is 1. The third kappa shape index (κ3) is 4.65. The summed E-state index contributed by atoms with van der Waals surface area (Å²) in [5, 5.41) is 3.99. The van der Waals surface area contributed by atoms with Crippen LogP contribution in [0.5, 0.6) is 5.75 Å². The first-order chi connectivity index (χ1) is 15.8. The Labute approximate surface area is 193 Å². The van der Waals surface area contributed by atoms with Crippen molar-refractivity contribution in [2.24, 2.45) is 0 Å². The van der Waals surface area contributed by atoms with Crippen LogP contribution in [0.4, 0.5) is 0 Å². The highest BCUT2D eigenvalue weighted by Crippen LogP contribution is 2.26. The fraction of sp³-hybridized carbons (Fsp3) is 0.333. The fourth-order valence-corrected chi connectivity index (χ4v) is 5.37. The van der Waals surface area contributed by atoms with Gasteiger partial charge in [-0.1, -0.05) is 41.6 Å². The number of nitrogens with zero attached hydrogens (tertiary/aromatic N) is 3. The maximum Gasteiger partial charge on any atom is 0.276 e. The van der Waals surface area contributed by atoms with E-state index in [1.165, 1.54) is 4.31 Å². The number of aromatic nitrogens is 1. The van der Waals surface area contributed by atoms with Crippen molar-refractivity contribution in [3.8, 4) is 5.75 Å². The highest BCUT2D eigenvalue weighted by Gasteiger charge is 2.32. The third-order valence-corrected chi connectivity index (χ3v) is 7.78. The zero-order valence-corrected chi connectivity index (χ0v) is 19.8. The van der Waals surface area contributed by atoms with Crippen molar-refractivity contribution >= 4 is 15.9 Å². The minimum Gasteiger partial charge on any atom is -0.488 e. The van der Waals surface area contributed by atoms with Gasteiger partial charge in [0.25, 0.3) is 5.91 Å².